The fourth-order valence-corrected chi connectivity index (χ4v) is 2.07. The van der Waals surface area contributed by atoms with Gasteiger partial charge < -0.3 is 15.8 Å². The molecule has 0 aliphatic carbocycles. The van der Waals surface area contributed by atoms with E-state index >= 15 is 0 Å². The molecule has 1 amide bonds. The van der Waals surface area contributed by atoms with Crippen molar-refractivity contribution in [2.45, 2.75) is 24.8 Å². The van der Waals surface area contributed by atoms with E-state index in [9.17, 15) is 4.79 Å². The molecular formula is C14H20N2O2. The molecule has 3 N–H and O–H groups in total. The monoisotopic (exact) mass is 248 g/mol. The highest BCUT2D eigenvalue weighted by Crippen LogP contribution is 2.15. The summed E-state index contributed by atoms with van der Waals surface area (Å²) in [7, 11) is 0. The molecule has 1 aromatic rings. The van der Waals surface area contributed by atoms with Gasteiger partial charge in [-0.05, 0) is 24.8 Å². The molecule has 4 nitrogen and oxygen atoms in total. The van der Waals surface area contributed by atoms with Gasteiger partial charge in [-0.2, -0.15) is 0 Å². The fourth-order valence-electron chi connectivity index (χ4n) is 2.07. The van der Waals surface area contributed by atoms with Gasteiger partial charge in [-0.15, -0.1) is 0 Å². The van der Waals surface area contributed by atoms with Gasteiger partial charge in [0.05, 0.1) is 6.61 Å². The third-order valence-corrected chi connectivity index (χ3v) is 3.27. The van der Waals surface area contributed by atoms with E-state index in [0.29, 0.717) is 26.2 Å². The topological polar surface area (TPSA) is 64.4 Å². The van der Waals surface area contributed by atoms with Gasteiger partial charge in [0, 0.05) is 13.2 Å². The average Bonchev–Trinajstić information content (AvgIpc) is 2.84. The Kier molecular flexibility index (Phi) is 4.33. The van der Waals surface area contributed by atoms with Gasteiger partial charge in [0.25, 0.3) is 0 Å². The number of carbonyl (C=O) groups is 1. The number of carbonyl (C=O) groups excluding carboxylic acids is 1. The van der Waals surface area contributed by atoms with Crippen molar-refractivity contribution < 1.29 is 9.53 Å². The van der Waals surface area contributed by atoms with Crippen LogP contribution in [0.2, 0.25) is 0 Å². The molecule has 1 heterocycles. The number of ether oxygens (including phenoxy) is 1. The molecule has 1 aromatic carbocycles. The molecule has 0 radical (unpaired) electrons. The van der Waals surface area contributed by atoms with Crippen molar-refractivity contribution in [2.75, 3.05) is 19.8 Å². The van der Waals surface area contributed by atoms with Crippen LogP contribution >= 0.6 is 0 Å². The van der Waals surface area contributed by atoms with Crippen LogP contribution in [0.1, 0.15) is 18.4 Å². The number of rotatable bonds is 5. The summed E-state index contributed by atoms with van der Waals surface area (Å²) in [5, 5.41) is 2.89. The first-order valence-electron chi connectivity index (χ1n) is 6.40. The molecule has 0 aromatic heterocycles. The van der Waals surface area contributed by atoms with Gasteiger partial charge in [0.15, 0.2) is 0 Å². The number of aryl methyl sites for hydroxylation is 1. The summed E-state index contributed by atoms with van der Waals surface area (Å²) in [5.74, 6) is -0.0898. The van der Waals surface area contributed by atoms with Gasteiger partial charge in [-0.3, -0.25) is 4.79 Å². The molecule has 18 heavy (non-hydrogen) atoms. The smallest absolute Gasteiger partial charge is 0.242 e. The predicted octanol–water partition coefficient (Wildman–Crippen LogP) is 0.853. The molecule has 2 rings (SSSR count). The summed E-state index contributed by atoms with van der Waals surface area (Å²) in [6.45, 7) is 1.57. The van der Waals surface area contributed by atoms with E-state index in [-0.39, 0.29) is 5.91 Å². The SMILES string of the molecule is NC1(C(=O)NCCCc2ccccc2)CCOC1. The van der Waals surface area contributed by atoms with E-state index in [1.54, 1.807) is 0 Å². The number of hydrogen-bond donors (Lipinski definition) is 2. The zero-order chi connectivity index (χ0) is 12.8. The molecule has 1 saturated heterocycles. The van der Waals surface area contributed by atoms with E-state index in [0.717, 1.165) is 12.8 Å². The molecule has 1 atom stereocenters. The third-order valence-electron chi connectivity index (χ3n) is 3.27. The van der Waals surface area contributed by atoms with Crippen molar-refractivity contribution in [3.8, 4) is 0 Å². The Balaban J connectivity index is 1.68. The highest BCUT2D eigenvalue weighted by Gasteiger charge is 2.37. The maximum Gasteiger partial charge on any atom is 0.242 e. The van der Waals surface area contributed by atoms with Crippen molar-refractivity contribution >= 4 is 5.91 Å². The van der Waals surface area contributed by atoms with Gasteiger partial charge in [0.2, 0.25) is 5.91 Å². The van der Waals surface area contributed by atoms with Crippen LogP contribution in [-0.2, 0) is 16.0 Å². The van der Waals surface area contributed by atoms with E-state index in [2.05, 4.69) is 17.4 Å². The molecule has 1 aliphatic rings. The first-order valence-corrected chi connectivity index (χ1v) is 6.40. The van der Waals surface area contributed by atoms with E-state index < -0.39 is 5.54 Å². The minimum Gasteiger partial charge on any atom is -0.379 e. The van der Waals surface area contributed by atoms with Crippen LogP contribution in [0.4, 0.5) is 0 Å². The van der Waals surface area contributed by atoms with Crippen molar-refractivity contribution in [3.05, 3.63) is 35.9 Å². The predicted molar refractivity (Wildman–Crippen MR) is 70.1 cm³/mol. The largest absolute Gasteiger partial charge is 0.379 e. The summed E-state index contributed by atoms with van der Waals surface area (Å²) in [6.07, 6.45) is 2.50. The maximum absolute atomic E-state index is 11.9. The van der Waals surface area contributed by atoms with Gasteiger partial charge in [-0.25, -0.2) is 0 Å². The Morgan fingerprint density at radius 1 is 1.39 bits per heavy atom. The Morgan fingerprint density at radius 3 is 2.83 bits per heavy atom. The van der Waals surface area contributed by atoms with Crippen LogP contribution < -0.4 is 11.1 Å². The lowest BCUT2D eigenvalue weighted by molar-refractivity contribution is -0.126. The van der Waals surface area contributed by atoms with Crippen LogP contribution in [0, 0.1) is 0 Å². The molecular weight excluding hydrogens is 228 g/mol. The Morgan fingerprint density at radius 2 is 2.17 bits per heavy atom. The number of nitrogens with two attached hydrogens (primary N) is 1. The second-order valence-corrected chi connectivity index (χ2v) is 4.80. The summed E-state index contributed by atoms with van der Waals surface area (Å²) in [5.41, 5.74) is 6.44. The number of benzene rings is 1. The molecule has 0 bridgehead atoms. The minimum absolute atomic E-state index is 0.0898. The lowest BCUT2D eigenvalue weighted by Gasteiger charge is -2.20. The van der Waals surface area contributed by atoms with Crippen LogP contribution in [0.25, 0.3) is 0 Å². The van der Waals surface area contributed by atoms with Crippen LogP contribution in [-0.4, -0.2) is 31.2 Å². The molecule has 1 unspecified atom stereocenters. The van der Waals surface area contributed by atoms with E-state index in [4.69, 9.17) is 10.5 Å². The van der Waals surface area contributed by atoms with Crippen LogP contribution in [0.15, 0.2) is 30.3 Å². The van der Waals surface area contributed by atoms with Crippen molar-refractivity contribution in [3.63, 3.8) is 0 Å². The highest BCUT2D eigenvalue weighted by atomic mass is 16.5. The zero-order valence-corrected chi connectivity index (χ0v) is 10.5. The van der Waals surface area contributed by atoms with Crippen LogP contribution in [0.5, 0.6) is 0 Å². The van der Waals surface area contributed by atoms with E-state index in [1.165, 1.54) is 5.56 Å². The summed E-state index contributed by atoms with van der Waals surface area (Å²) in [6, 6.07) is 10.2. The second kappa shape index (κ2) is 5.98. The molecule has 1 aliphatic heterocycles. The summed E-state index contributed by atoms with van der Waals surface area (Å²) in [4.78, 5) is 11.9. The van der Waals surface area contributed by atoms with Gasteiger partial charge in [0.1, 0.15) is 5.54 Å². The molecule has 0 saturated carbocycles. The average molecular weight is 248 g/mol. The van der Waals surface area contributed by atoms with Crippen molar-refractivity contribution in [1.82, 2.24) is 5.32 Å². The summed E-state index contributed by atoms with van der Waals surface area (Å²) < 4.78 is 5.17. The second-order valence-electron chi connectivity index (χ2n) is 4.80. The molecule has 98 valence electrons. The molecule has 0 spiro atoms. The zero-order valence-electron chi connectivity index (χ0n) is 10.5. The number of amides is 1. The highest BCUT2D eigenvalue weighted by molar-refractivity contribution is 5.86. The molecule has 1 fully saturated rings. The fraction of sp³-hybridized carbons (Fsp3) is 0.500. The van der Waals surface area contributed by atoms with Gasteiger partial charge >= 0.3 is 0 Å². The first-order chi connectivity index (χ1) is 8.71. The Labute approximate surface area is 108 Å². The van der Waals surface area contributed by atoms with Crippen molar-refractivity contribution in [2.24, 2.45) is 5.73 Å². The van der Waals surface area contributed by atoms with E-state index in [1.807, 2.05) is 18.2 Å². The Bertz CT molecular complexity index is 386. The first kappa shape index (κ1) is 13.1. The number of hydrogen-bond acceptors (Lipinski definition) is 3. The quantitative estimate of drug-likeness (QED) is 0.759. The number of nitrogens with one attached hydrogen (secondary N) is 1. The lowest BCUT2D eigenvalue weighted by Crippen LogP contribution is -2.54. The minimum atomic E-state index is -0.813. The third kappa shape index (κ3) is 3.31. The Hall–Kier alpha value is -1.39. The standard InChI is InChI=1S/C14H20N2O2/c15-14(8-10-18-11-14)13(17)16-9-4-7-12-5-2-1-3-6-12/h1-3,5-6H,4,7-11,15H2,(H,16,17). The maximum atomic E-state index is 11.9. The summed E-state index contributed by atoms with van der Waals surface area (Å²) >= 11 is 0. The van der Waals surface area contributed by atoms with Gasteiger partial charge in [-0.1, -0.05) is 30.3 Å². The molecule has 4 heteroatoms. The normalized spacial score (nSPS) is 22.9. The van der Waals surface area contributed by atoms with Crippen LogP contribution in [0.3, 0.4) is 0 Å². The lowest BCUT2D eigenvalue weighted by atomic mass is 9.99. The van der Waals surface area contributed by atoms with Crippen molar-refractivity contribution in [1.29, 1.82) is 0 Å².